The highest BCUT2D eigenvalue weighted by Gasteiger charge is 2.12. The van der Waals surface area contributed by atoms with Crippen LogP contribution in [0.25, 0.3) is 0 Å². The summed E-state index contributed by atoms with van der Waals surface area (Å²) in [5, 5.41) is 15.8. The van der Waals surface area contributed by atoms with Crippen LogP contribution in [0.3, 0.4) is 0 Å². The SMILES string of the molecule is O=[N+]([O-])c1cnccc1NCCCSc1nccs1. The minimum absolute atomic E-state index is 0.00933. The van der Waals surface area contributed by atoms with Crippen LogP contribution >= 0.6 is 23.1 Å². The Morgan fingerprint density at radius 1 is 1.47 bits per heavy atom. The van der Waals surface area contributed by atoms with Gasteiger partial charge < -0.3 is 5.32 Å². The zero-order chi connectivity index (χ0) is 13.5. The van der Waals surface area contributed by atoms with Crippen LogP contribution in [0, 0.1) is 10.1 Å². The van der Waals surface area contributed by atoms with E-state index in [1.54, 1.807) is 41.6 Å². The lowest BCUT2D eigenvalue weighted by atomic mass is 10.3. The Labute approximate surface area is 118 Å². The van der Waals surface area contributed by atoms with E-state index in [0.717, 1.165) is 16.5 Å². The molecule has 2 aromatic rings. The van der Waals surface area contributed by atoms with Gasteiger partial charge in [-0.1, -0.05) is 11.8 Å². The molecule has 2 rings (SSSR count). The summed E-state index contributed by atoms with van der Waals surface area (Å²) in [5.41, 5.74) is 0.523. The molecule has 19 heavy (non-hydrogen) atoms. The number of nitrogens with one attached hydrogen (secondary N) is 1. The third kappa shape index (κ3) is 4.18. The van der Waals surface area contributed by atoms with Crippen molar-refractivity contribution < 1.29 is 4.92 Å². The lowest BCUT2D eigenvalue weighted by molar-refractivity contribution is -0.384. The molecule has 0 spiro atoms. The number of nitro groups is 1. The first kappa shape index (κ1) is 13.8. The highest BCUT2D eigenvalue weighted by Crippen LogP contribution is 2.23. The van der Waals surface area contributed by atoms with Crippen molar-refractivity contribution in [3.8, 4) is 0 Å². The zero-order valence-electron chi connectivity index (χ0n) is 9.98. The number of rotatable bonds is 7. The van der Waals surface area contributed by atoms with Crippen LogP contribution in [0.2, 0.25) is 0 Å². The maximum absolute atomic E-state index is 10.8. The lowest BCUT2D eigenvalue weighted by Crippen LogP contribution is -2.05. The average molecular weight is 296 g/mol. The molecule has 0 bridgehead atoms. The van der Waals surface area contributed by atoms with E-state index in [4.69, 9.17) is 0 Å². The van der Waals surface area contributed by atoms with Gasteiger partial charge in [-0.15, -0.1) is 11.3 Å². The first-order valence-electron chi connectivity index (χ1n) is 5.62. The van der Waals surface area contributed by atoms with Gasteiger partial charge in [0.25, 0.3) is 0 Å². The summed E-state index contributed by atoms with van der Waals surface area (Å²) in [6, 6.07) is 1.62. The van der Waals surface area contributed by atoms with E-state index in [-0.39, 0.29) is 5.69 Å². The molecule has 6 nitrogen and oxygen atoms in total. The van der Waals surface area contributed by atoms with Crippen LogP contribution in [-0.2, 0) is 0 Å². The van der Waals surface area contributed by atoms with Crippen LogP contribution in [0.15, 0.2) is 34.4 Å². The number of thioether (sulfide) groups is 1. The average Bonchev–Trinajstić information content (AvgIpc) is 2.92. The second kappa shape index (κ2) is 7.05. The van der Waals surface area contributed by atoms with Crippen molar-refractivity contribution >= 4 is 34.5 Å². The number of hydrogen-bond donors (Lipinski definition) is 1. The molecular weight excluding hydrogens is 284 g/mol. The standard InChI is InChI=1S/C11H12N4O2S2/c16-15(17)10-8-12-4-2-9(10)13-3-1-6-18-11-14-5-7-19-11/h2,4-5,7-8H,1,3,6H2,(H,12,13). The van der Waals surface area contributed by atoms with Crippen LogP contribution in [0.5, 0.6) is 0 Å². The molecule has 0 aliphatic heterocycles. The molecule has 0 fully saturated rings. The molecule has 0 aromatic carbocycles. The topological polar surface area (TPSA) is 81.0 Å². The molecule has 0 unspecified atom stereocenters. The van der Waals surface area contributed by atoms with Crippen LogP contribution < -0.4 is 5.32 Å². The van der Waals surface area contributed by atoms with E-state index in [0.29, 0.717) is 12.2 Å². The summed E-state index contributed by atoms with van der Waals surface area (Å²) in [6.07, 6.45) is 5.49. The predicted molar refractivity (Wildman–Crippen MR) is 76.8 cm³/mol. The minimum atomic E-state index is -0.431. The first-order valence-corrected chi connectivity index (χ1v) is 7.48. The van der Waals surface area contributed by atoms with Gasteiger partial charge in [0.15, 0.2) is 0 Å². The summed E-state index contributed by atoms with van der Waals surface area (Å²) in [6.45, 7) is 0.684. The molecule has 1 N–H and O–H groups in total. The summed E-state index contributed by atoms with van der Waals surface area (Å²) >= 11 is 3.31. The van der Waals surface area contributed by atoms with Gasteiger partial charge in [0.05, 0.1) is 4.92 Å². The molecule has 0 aliphatic carbocycles. The molecule has 8 heteroatoms. The third-order valence-corrected chi connectivity index (χ3v) is 4.32. The van der Waals surface area contributed by atoms with E-state index in [1.807, 2.05) is 5.38 Å². The number of nitrogens with zero attached hydrogens (tertiary/aromatic N) is 3. The van der Waals surface area contributed by atoms with Crippen molar-refractivity contribution in [1.82, 2.24) is 9.97 Å². The first-order chi connectivity index (χ1) is 9.27. The summed E-state index contributed by atoms with van der Waals surface area (Å²) in [4.78, 5) is 18.3. The molecule has 100 valence electrons. The molecule has 0 aliphatic rings. The Morgan fingerprint density at radius 3 is 3.11 bits per heavy atom. The third-order valence-electron chi connectivity index (χ3n) is 2.27. The summed E-state index contributed by atoms with van der Waals surface area (Å²) in [5.74, 6) is 0.930. The van der Waals surface area contributed by atoms with Gasteiger partial charge in [0, 0.05) is 30.1 Å². The van der Waals surface area contributed by atoms with Crippen molar-refractivity contribution in [3.63, 3.8) is 0 Å². The minimum Gasteiger partial charge on any atom is -0.379 e. The molecule has 0 amide bonds. The molecule has 0 atom stereocenters. The lowest BCUT2D eigenvalue weighted by Gasteiger charge is -2.05. The normalized spacial score (nSPS) is 10.3. The van der Waals surface area contributed by atoms with E-state index >= 15 is 0 Å². The Bertz CT molecular complexity index is 533. The number of thiazole rings is 1. The Balaban J connectivity index is 1.75. The summed E-state index contributed by atoms with van der Waals surface area (Å²) in [7, 11) is 0. The monoisotopic (exact) mass is 296 g/mol. The maximum atomic E-state index is 10.8. The second-order valence-corrected chi connectivity index (χ2v) is 5.81. The van der Waals surface area contributed by atoms with Crippen molar-refractivity contribution in [3.05, 3.63) is 40.2 Å². The Hall–Kier alpha value is -1.67. The fourth-order valence-electron chi connectivity index (χ4n) is 1.42. The number of anilines is 1. The molecule has 0 saturated heterocycles. The largest absolute Gasteiger partial charge is 0.379 e. The van der Waals surface area contributed by atoms with Gasteiger partial charge in [-0.05, 0) is 12.5 Å². The molecule has 0 saturated carbocycles. The maximum Gasteiger partial charge on any atom is 0.310 e. The van der Waals surface area contributed by atoms with Crippen LogP contribution in [-0.4, -0.2) is 27.2 Å². The quantitative estimate of drug-likeness (QED) is 0.366. The van der Waals surface area contributed by atoms with E-state index in [1.165, 1.54) is 6.20 Å². The van der Waals surface area contributed by atoms with Gasteiger partial charge in [-0.25, -0.2) is 4.98 Å². The van der Waals surface area contributed by atoms with E-state index in [9.17, 15) is 10.1 Å². The van der Waals surface area contributed by atoms with E-state index < -0.39 is 4.92 Å². The van der Waals surface area contributed by atoms with Crippen molar-refractivity contribution in [2.45, 2.75) is 10.8 Å². The molecular formula is C11H12N4O2S2. The highest BCUT2D eigenvalue weighted by molar-refractivity contribution is 8.00. The zero-order valence-corrected chi connectivity index (χ0v) is 11.6. The Kier molecular flexibility index (Phi) is 5.10. The van der Waals surface area contributed by atoms with Gasteiger partial charge in [-0.2, -0.15) is 0 Å². The van der Waals surface area contributed by atoms with Gasteiger partial charge in [0.1, 0.15) is 16.2 Å². The fourth-order valence-corrected chi connectivity index (χ4v) is 3.06. The second-order valence-electron chi connectivity index (χ2n) is 3.58. The van der Waals surface area contributed by atoms with E-state index in [2.05, 4.69) is 15.3 Å². The predicted octanol–water partition coefficient (Wildman–Crippen LogP) is 3.04. The smallest absolute Gasteiger partial charge is 0.310 e. The molecule has 2 aromatic heterocycles. The van der Waals surface area contributed by atoms with Crippen molar-refractivity contribution in [1.29, 1.82) is 0 Å². The summed E-state index contributed by atoms with van der Waals surface area (Å²) < 4.78 is 1.05. The number of hydrogen-bond acceptors (Lipinski definition) is 7. The number of aromatic nitrogens is 2. The molecule has 0 radical (unpaired) electrons. The number of pyridine rings is 1. The highest BCUT2D eigenvalue weighted by atomic mass is 32.2. The van der Waals surface area contributed by atoms with Crippen molar-refractivity contribution in [2.24, 2.45) is 0 Å². The van der Waals surface area contributed by atoms with Gasteiger partial charge in [-0.3, -0.25) is 15.1 Å². The van der Waals surface area contributed by atoms with Crippen LogP contribution in [0.1, 0.15) is 6.42 Å². The molecule has 2 heterocycles. The van der Waals surface area contributed by atoms with Crippen molar-refractivity contribution in [2.75, 3.05) is 17.6 Å². The Morgan fingerprint density at radius 2 is 2.37 bits per heavy atom. The van der Waals surface area contributed by atoms with Crippen LogP contribution in [0.4, 0.5) is 11.4 Å². The van der Waals surface area contributed by atoms with Gasteiger partial charge >= 0.3 is 5.69 Å². The van der Waals surface area contributed by atoms with Gasteiger partial charge in [0.2, 0.25) is 0 Å². The fraction of sp³-hybridized carbons (Fsp3) is 0.273.